The second-order valence-corrected chi connectivity index (χ2v) is 6.64. The maximum atomic E-state index is 5.66. The van der Waals surface area contributed by atoms with Gasteiger partial charge in [0.2, 0.25) is 0 Å². The van der Waals surface area contributed by atoms with Gasteiger partial charge in [-0.2, -0.15) is 0 Å². The van der Waals surface area contributed by atoms with Crippen molar-refractivity contribution < 1.29 is 4.74 Å². The molecular weight excluding hydrogens is 260 g/mol. The molecule has 2 atom stereocenters. The molecule has 3 rings (SSSR count). The minimum Gasteiger partial charge on any atom is -0.377 e. The lowest BCUT2D eigenvalue weighted by molar-refractivity contribution is 0.0814. The van der Waals surface area contributed by atoms with Gasteiger partial charge in [0.05, 0.1) is 6.10 Å². The number of nitrogens with one attached hydrogen (secondary N) is 1. The van der Waals surface area contributed by atoms with Gasteiger partial charge < -0.3 is 10.1 Å². The van der Waals surface area contributed by atoms with Gasteiger partial charge in [-0.25, -0.2) is 0 Å². The van der Waals surface area contributed by atoms with Gasteiger partial charge in [-0.1, -0.05) is 24.3 Å². The molecule has 0 amide bonds. The SMILES string of the molecule is CC1OCCC1N(C)Cc1ccc(CCNC2CC2)cc1. The zero-order valence-corrected chi connectivity index (χ0v) is 13.3. The van der Waals surface area contributed by atoms with E-state index in [1.54, 1.807) is 0 Å². The molecule has 1 aromatic carbocycles. The normalized spacial score (nSPS) is 25.7. The summed E-state index contributed by atoms with van der Waals surface area (Å²) in [5, 5.41) is 3.57. The molecule has 116 valence electrons. The Bertz CT molecular complexity index is 441. The van der Waals surface area contributed by atoms with Crippen LogP contribution in [0.25, 0.3) is 0 Å². The summed E-state index contributed by atoms with van der Waals surface area (Å²) in [6.07, 6.45) is 5.40. The molecule has 0 spiro atoms. The van der Waals surface area contributed by atoms with Crippen molar-refractivity contribution in [2.24, 2.45) is 0 Å². The lowest BCUT2D eigenvalue weighted by atomic mass is 10.1. The maximum Gasteiger partial charge on any atom is 0.0703 e. The van der Waals surface area contributed by atoms with Crippen LogP contribution >= 0.6 is 0 Å². The molecule has 3 nitrogen and oxygen atoms in total. The van der Waals surface area contributed by atoms with Crippen molar-refractivity contribution in [3.63, 3.8) is 0 Å². The minimum atomic E-state index is 0.364. The van der Waals surface area contributed by atoms with Gasteiger partial charge in [-0.3, -0.25) is 4.90 Å². The van der Waals surface area contributed by atoms with Crippen LogP contribution in [0.4, 0.5) is 0 Å². The summed E-state index contributed by atoms with van der Waals surface area (Å²) in [4.78, 5) is 2.43. The van der Waals surface area contributed by atoms with E-state index < -0.39 is 0 Å². The first-order valence-electron chi connectivity index (χ1n) is 8.35. The van der Waals surface area contributed by atoms with Crippen molar-refractivity contribution >= 4 is 0 Å². The first-order valence-corrected chi connectivity index (χ1v) is 8.35. The highest BCUT2D eigenvalue weighted by Gasteiger charge is 2.27. The molecule has 1 saturated carbocycles. The Hall–Kier alpha value is -0.900. The summed E-state index contributed by atoms with van der Waals surface area (Å²) in [7, 11) is 2.21. The fraction of sp³-hybridized carbons (Fsp3) is 0.667. The Balaban J connectivity index is 1.46. The minimum absolute atomic E-state index is 0.364. The van der Waals surface area contributed by atoms with E-state index in [-0.39, 0.29) is 0 Å². The maximum absolute atomic E-state index is 5.66. The number of hydrogen-bond donors (Lipinski definition) is 1. The predicted octanol–water partition coefficient (Wildman–Crippen LogP) is 2.59. The summed E-state index contributed by atoms with van der Waals surface area (Å²) >= 11 is 0. The van der Waals surface area contributed by atoms with Gasteiger partial charge in [0.25, 0.3) is 0 Å². The molecule has 1 heterocycles. The van der Waals surface area contributed by atoms with Crippen molar-refractivity contribution in [3.05, 3.63) is 35.4 Å². The molecule has 1 aromatic rings. The van der Waals surface area contributed by atoms with E-state index in [9.17, 15) is 0 Å². The molecular formula is C18H28N2O. The zero-order chi connectivity index (χ0) is 14.7. The fourth-order valence-electron chi connectivity index (χ4n) is 3.22. The van der Waals surface area contributed by atoms with E-state index in [2.05, 4.69) is 48.5 Å². The fourth-order valence-corrected chi connectivity index (χ4v) is 3.22. The van der Waals surface area contributed by atoms with Crippen LogP contribution in [-0.4, -0.2) is 43.3 Å². The molecule has 0 aromatic heterocycles. The van der Waals surface area contributed by atoms with Gasteiger partial charge in [0.1, 0.15) is 0 Å². The highest BCUT2D eigenvalue weighted by Crippen LogP contribution is 2.20. The molecule has 1 aliphatic carbocycles. The number of rotatable bonds is 7. The Morgan fingerprint density at radius 3 is 2.48 bits per heavy atom. The van der Waals surface area contributed by atoms with Crippen molar-refractivity contribution in [1.29, 1.82) is 0 Å². The predicted molar refractivity (Wildman–Crippen MR) is 86.5 cm³/mol. The van der Waals surface area contributed by atoms with E-state index >= 15 is 0 Å². The summed E-state index contributed by atoms with van der Waals surface area (Å²) < 4.78 is 5.66. The van der Waals surface area contributed by atoms with Crippen LogP contribution in [0.15, 0.2) is 24.3 Å². The quantitative estimate of drug-likeness (QED) is 0.834. The van der Waals surface area contributed by atoms with Gasteiger partial charge >= 0.3 is 0 Å². The summed E-state index contributed by atoms with van der Waals surface area (Å²) in [6.45, 7) is 5.22. The van der Waals surface area contributed by atoms with E-state index in [1.807, 2.05) is 0 Å². The Morgan fingerprint density at radius 1 is 1.14 bits per heavy atom. The van der Waals surface area contributed by atoms with Crippen LogP contribution in [0.2, 0.25) is 0 Å². The van der Waals surface area contributed by atoms with E-state index in [0.29, 0.717) is 12.1 Å². The van der Waals surface area contributed by atoms with Crippen LogP contribution in [0.1, 0.15) is 37.3 Å². The van der Waals surface area contributed by atoms with Crippen molar-refractivity contribution in [3.8, 4) is 0 Å². The van der Waals surface area contributed by atoms with E-state index in [1.165, 1.54) is 24.0 Å². The summed E-state index contributed by atoms with van der Waals surface area (Å²) in [5.74, 6) is 0. The second kappa shape index (κ2) is 6.91. The topological polar surface area (TPSA) is 24.5 Å². The third kappa shape index (κ3) is 4.29. The molecule has 21 heavy (non-hydrogen) atoms. The molecule has 2 aliphatic rings. The van der Waals surface area contributed by atoms with Crippen molar-refractivity contribution in [2.45, 2.75) is 57.3 Å². The molecule has 3 heteroatoms. The molecule has 2 fully saturated rings. The molecule has 1 saturated heterocycles. The van der Waals surface area contributed by atoms with Crippen LogP contribution in [0.3, 0.4) is 0 Å². The first kappa shape index (κ1) is 15.0. The number of hydrogen-bond acceptors (Lipinski definition) is 3. The average Bonchev–Trinajstić information content (AvgIpc) is 3.20. The Morgan fingerprint density at radius 2 is 1.86 bits per heavy atom. The van der Waals surface area contributed by atoms with Gasteiger partial charge in [0.15, 0.2) is 0 Å². The largest absolute Gasteiger partial charge is 0.377 e. The number of nitrogens with zero attached hydrogens (tertiary/aromatic N) is 1. The van der Waals surface area contributed by atoms with Gasteiger partial charge in [-0.05, 0) is 57.3 Å². The van der Waals surface area contributed by atoms with E-state index in [4.69, 9.17) is 4.74 Å². The number of benzene rings is 1. The molecule has 1 N–H and O–H groups in total. The molecule has 0 bridgehead atoms. The van der Waals surface area contributed by atoms with Crippen LogP contribution < -0.4 is 5.32 Å². The molecule has 1 aliphatic heterocycles. The number of ether oxygens (including phenoxy) is 1. The number of likely N-dealkylation sites (N-methyl/N-ethyl adjacent to an activating group) is 1. The van der Waals surface area contributed by atoms with Crippen LogP contribution in [-0.2, 0) is 17.7 Å². The third-order valence-electron chi connectivity index (χ3n) is 4.78. The van der Waals surface area contributed by atoms with Gasteiger partial charge in [-0.15, -0.1) is 0 Å². The van der Waals surface area contributed by atoms with Gasteiger partial charge in [0, 0.05) is 25.2 Å². The van der Waals surface area contributed by atoms with Crippen molar-refractivity contribution in [2.75, 3.05) is 20.2 Å². The summed E-state index contributed by atoms with van der Waals surface area (Å²) in [5.41, 5.74) is 2.84. The van der Waals surface area contributed by atoms with Crippen LogP contribution in [0.5, 0.6) is 0 Å². The monoisotopic (exact) mass is 288 g/mol. The lowest BCUT2D eigenvalue weighted by Crippen LogP contribution is -2.36. The second-order valence-electron chi connectivity index (χ2n) is 6.64. The first-order chi connectivity index (χ1) is 10.2. The van der Waals surface area contributed by atoms with Crippen LogP contribution in [0, 0.1) is 0 Å². The standard InChI is InChI=1S/C18H28N2O/c1-14-18(10-12-21-14)20(2)13-16-5-3-15(4-6-16)9-11-19-17-7-8-17/h3-6,14,17-19H,7-13H2,1-2H3. The average molecular weight is 288 g/mol. The smallest absolute Gasteiger partial charge is 0.0703 e. The molecule has 0 radical (unpaired) electrons. The highest BCUT2D eigenvalue weighted by molar-refractivity contribution is 5.23. The lowest BCUT2D eigenvalue weighted by Gasteiger charge is -2.26. The summed E-state index contributed by atoms with van der Waals surface area (Å²) in [6, 6.07) is 10.5. The Kier molecular flexibility index (Phi) is 4.94. The van der Waals surface area contributed by atoms with Crippen molar-refractivity contribution in [1.82, 2.24) is 10.2 Å². The molecule has 2 unspecified atom stereocenters. The third-order valence-corrected chi connectivity index (χ3v) is 4.78. The zero-order valence-electron chi connectivity index (χ0n) is 13.3. The van der Waals surface area contributed by atoms with E-state index in [0.717, 1.165) is 38.6 Å². The highest BCUT2D eigenvalue weighted by atomic mass is 16.5. The Labute approximate surface area is 128 Å².